The molecule has 0 aliphatic heterocycles. The number of benzene rings is 1. The molecule has 64 valence electrons. The van der Waals surface area contributed by atoms with E-state index in [0.29, 0.717) is 0 Å². The van der Waals surface area contributed by atoms with Crippen LogP contribution in [0.2, 0.25) is 0 Å². The summed E-state index contributed by atoms with van der Waals surface area (Å²) < 4.78 is 0. The Labute approximate surface area is 72.0 Å². The van der Waals surface area contributed by atoms with Crippen LogP contribution in [0.4, 0.5) is 0 Å². The lowest BCUT2D eigenvalue weighted by atomic mass is 9.99. The summed E-state index contributed by atoms with van der Waals surface area (Å²) in [5, 5.41) is 9.90. The van der Waals surface area contributed by atoms with Gasteiger partial charge in [-0.1, -0.05) is 30.3 Å². The molecule has 0 amide bonds. The average Bonchev–Trinajstić information content (AvgIpc) is 2.88. The summed E-state index contributed by atoms with van der Waals surface area (Å²) >= 11 is 0. The summed E-state index contributed by atoms with van der Waals surface area (Å²) in [6.45, 7) is 0. The van der Waals surface area contributed by atoms with E-state index < -0.39 is 5.72 Å². The molecule has 2 rings (SSSR count). The summed E-state index contributed by atoms with van der Waals surface area (Å²) in [6, 6.07) is 9.47. The Kier molecular flexibility index (Phi) is 1.67. The van der Waals surface area contributed by atoms with Crippen LogP contribution in [-0.4, -0.2) is 5.11 Å². The first-order chi connectivity index (χ1) is 5.71. The molecular weight excluding hydrogens is 150 g/mol. The van der Waals surface area contributed by atoms with Crippen molar-refractivity contribution in [1.82, 2.24) is 0 Å². The third-order valence-corrected chi connectivity index (χ3v) is 2.44. The van der Waals surface area contributed by atoms with E-state index in [2.05, 4.69) is 0 Å². The second kappa shape index (κ2) is 2.57. The minimum absolute atomic E-state index is 0.264. The van der Waals surface area contributed by atoms with E-state index in [1.807, 2.05) is 30.3 Å². The molecule has 1 aromatic rings. The Morgan fingerprint density at radius 1 is 1.25 bits per heavy atom. The lowest BCUT2D eigenvalue weighted by Crippen LogP contribution is -2.38. The van der Waals surface area contributed by atoms with Gasteiger partial charge >= 0.3 is 0 Å². The van der Waals surface area contributed by atoms with Gasteiger partial charge in [-0.3, -0.25) is 5.73 Å². The fourth-order valence-electron chi connectivity index (χ4n) is 1.46. The van der Waals surface area contributed by atoms with Crippen LogP contribution in [0.25, 0.3) is 0 Å². The highest BCUT2D eigenvalue weighted by molar-refractivity contribution is 5.23. The van der Waals surface area contributed by atoms with Gasteiger partial charge in [-0.2, -0.15) is 0 Å². The molecule has 1 atom stereocenters. The van der Waals surface area contributed by atoms with Crippen LogP contribution < -0.4 is 5.73 Å². The van der Waals surface area contributed by atoms with Gasteiger partial charge in [0, 0.05) is 5.92 Å². The van der Waals surface area contributed by atoms with Crippen molar-refractivity contribution in [3.05, 3.63) is 35.9 Å². The Balaban J connectivity index is 2.28. The molecule has 0 bridgehead atoms. The molecule has 2 heteroatoms. The van der Waals surface area contributed by atoms with Crippen LogP contribution in [0.1, 0.15) is 18.4 Å². The molecule has 1 aromatic carbocycles. The summed E-state index contributed by atoms with van der Waals surface area (Å²) in [5.74, 6) is 0.264. The van der Waals surface area contributed by atoms with E-state index in [1.54, 1.807) is 0 Å². The maximum absolute atomic E-state index is 9.90. The minimum Gasteiger partial charge on any atom is -0.371 e. The molecule has 1 aliphatic rings. The number of rotatable bonds is 2. The molecule has 0 spiro atoms. The van der Waals surface area contributed by atoms with Gasteiger partial charge in [-0.05, 0) is 18.4 Å². The number of hydrogen-bond acceptors (Lipinski definition) is 2. The van der Waals surface area contributed by atoms with Gasteiger partial charge in [0.25, 0.3) is 0 Å². The normalized spacial score (nSPS) is 21.8. The van der Waals surface area contributed by atoms with Crippen LogP contribution in [0.5, 0.6) is 0 Å². The van der Waals surface area contributed by atoms with E-state index in [1.165, 1.54) is 0 Å². The van der Waals surface area contributed by atoms with Crippen molar-refractivity contribution in [2.45, 2.75) is 18.6 Å². The second-order valence-electron chi connectivity index (χ2n) is 3.47. The Hall–Kier alpha value is -0.860. The predicted molar refractivity (Wildman–Crippen MR) is 47.3 cm³/mol. The molecule has 0 saturated heterocycles. The molecule has 1 saturated carbocycles. The molecular formula is C10H13NO. The fourth-order valence-corrected chi connectivity index (χ4v) is 1.46. The van der Waals surface area contributed by atoms with Gasteiger partial charge in [0.1, 0.15) is 5.72 Å². The quantitative estimate of drug-likeness (QED) is 0.643. The van der Waals surface area contributed by atoms with Crippen molar-refractivity contribution in [3.8, 4) is 0 Å². The third kappa shape index (κ3) is 1.24. The van der Waals surface area contributed by atoms with Crippen molar-refractivity contribution in [3.63, 3.8) is 0 Å². The highest BCUT2D eigenvalue weighted by Gasteiger charge is 2.41. The van der Waals surface area contributed by atoms with Crippen molar-refractivity contribution in [2.24, 2.45) is 11.7 Å². The van der Waals surface area contributed by atoms with E-state index >= 15 is 0 Å². The topological polar surface area (TPSA) is 46.2 Å². The summed E-state index contributed by atoms with van der Waals surface area (Å²) in [5.41, 5.74) is 5.53. The zero-order valence-corrected chi connectivity index (χ0v) is 6.90. The SMILES string of the molecule is NC(O)(c1ccccc1)C1CC1. The number of nitrogens with two attached hydrogens (primary N) is 1. The first kappa shape index (κ1) is 7.77. The van der Waals surface area contributed by atoms with Gasteiger partial charge < -0.3 is 5.11 Å². The molecule has 0 heterocycles. The van der Waals surface area contributed by atoms with Crippen LogP contribution in [0, 0.1) is 5.92 Å². The largest absolute Gasteiger partial charge is 0.371 e. The van der Waals surface area contributed by atoms with Crippen LogP contribution in [0.3, 0.4) is 0 Å². The van der Waals surface area contributed by atoms with E-state index in [-0.39, 0.29) is 5.92 Å². The first-order valence-corrected chi connectivity index (χ1v) is 4.28. The average molecular weight is 163 g/mol. The molecule has 0 aromatic heterocycles. The van der Waals surface area contributed by atoms with Crippen molar-refractivity contribution < 1.29 is 5.11 Å². The fraction of sp³-hybridized carbons (Fsp3) is 0.400. The summed E-state index contributed by atoms with van der Waals surface area (Å²) in [6.07, 6.45) is 2.09. The van der Waals surface area contributed by atoms with Crippen LogP contribution in [0.15, 0.2) is 30.3 Å². The van der Waals surface area contributed by atoms with E-state index in [0.717, 1.165) is 18.4 Å². The Morgan fingerprint density at radius 2 is 1.83 bits per heavy atom. The Morgan fingerprint density at radius 3 is 2.33 bits per heavy atom. The first-order valence-electron chi connectivity index (χ1n) is 4.28. The second-order valence-corrected chi connectivity index (χ2v) is 3.47. The molecule has 1 unspecified atom stereocenters. The number of aliphatic hydroxyl groups is 1. The van der Waals surface area contributed by atoms with E-state index in [4.69, 9.17) is 5.73 Å². The summed E-state index contributed by atoms with van der Waals surface area (Å²) in [4.78, 5) is 0. The zero-order chi connectivity index (χ0) is 8.60. The molecule has 2 nitrogen and oxygen atoms in total. The standard InChI is InChI=1S/C10H13NO/c11-10(12,9-6-7-9)8-4-2-1-3-5-8/h1-5,9,12H,6-7,11H2. The highest BCUT2D eigenvalue weighted by atomic mass is 16.3. The molecule has 3 N–H and O–H groups in total. The molecule has 1 aliphatic carbocycles. The molecule has 12 heavy (non-hydrogen) atoms. The minimum atomic E-state index is -1.10. The molecule has 0 radical (unpaired) electrons. The highest BCUT2D eigenvalue weighted by Crippen LogP contribution is 2.42. The zero-order valence-electron chi connectivity index (χ0n) is 6.90. The maximum Gasteiger partial charge on any atom is 0.142 e. The van der Waals surface area contributed by atoms with Gasteiger partial charge in [-0.15, -0.1) is 0 Å². The monoisotopic (exact) mass is 163 g/mol. The maximum atomic E-state index is 9.90. The van der Waals surface area contributed by atoms with Crippen LogP contribution in [-0.2, 0) is 5.72 Å². The third-order valence-electron chi connectivity index (χ3n) is 2.44. The predicted octanol–water partition coefficient (Wildman–Crippen LogP) is 1.20. The van der Waals surface area contributed by atoms with Crippen LogP contribution >= 0.6 is 0 Å². The molecule has 1 fully saturated rings. The van der Waals surface area contributed by atoms with Gasteiger partial charge in [0.15, 0.2) is 0 Å². The lowest BCUT2D eigenvalue weighted by molar-refractivity contribution is 0.0196. The van der Waals surface area contributed by atoms with Gasteiger partial charge in [-0.25, -0.2) is 0 Å². The summed E-state index contributed by atoms with van der Waals surface area (Å²) in [7, 11) is 0. The Bertz CT molecular complexity index is 264. The van der Waals surface area contributed by atoms with Crippen molar-refractivity contribution in [1.29, 1.82) is 0 Å². The number of hydrogen-bond donors (Lipinski definition) is 2. The van der Waals surface area contributed by atoms with Gasteiger partial charge in [0.2, 0.25) is 0 Å². The lowest BCUT2D eigenvalue weighted by Gasteiger charge is -2.22. The van der Waals surface area contributed by atoms with E-state index in [9.17, 15) is 5.11 Å². The van der Waals surface area contributed by atoms with Crippen molar-refractivity contribution in [2.75, 3.05) is 0 Å². The van der Waals surface area contributed by atoms with Crippen molar-refractivity contribution >= 4 is 0 Å². The smallest absolute Gasteiger partial charge is 0.142 e. The van der Waals surface area contributed by atoms with Gasteiger partial charge in [0.05, 0.1) is 0 Å².